The second-order valence-electron chi connectivity index (χ2n) is 3.25. The zero-order valence-corrected chi connectivity index (χ0v) is 15.1. The van der Waals surface area contributed by atoms with E-state index < -0.39 is 0 Å². The van der Waals surface area contributed by atoms with Crippen molar-refractivity contribution in [3.63, 3.8) is 0 Å². The van der Waals surface area contributed by atoms with Gasteiger partial charge >= 0.3 is 0 Å². The molecule has 0 saturated carbocycles. The standard InChI is InChI=1S/C11H13I2N3OS/c1-3-14-11(18)16-15-6-7-4-8(12)10(17-2)9(13)5-7/h4-6H,3H2,1-2H3,(H2,14,16,18). The summed E-state index contributed by atoms with van der Waals surface area (Å²) in [5, 5.41) is 7.55. The van der Waals surface area contributed by atoms with Crippen LogP contribution in [0.25, 0.3) is 0 Å². The molecular weight excluding hydrogens is 476 g/mol. The number of hydrogen-bond donors (Lipinski definition) is 2. The van der Waals surface area contributed by atoms with E-state index in [1.807, 2.05) is 19.1 Å². The average molecular weight is 489 g/mol. The third kappa shape index (κ3) is 4.84. The Morgan fingerprint density at radius 2 is 2.06 bits per heavy atom. The van der Waals surface area contributed by atoms with E-state index in [0.29, 0.717) is 5.11 Å². The van der Waals surface area contributed by atoms with Crippen LogP contribution in [-0.2, 0) is 0 Å². The van der Waals surface area contributed by atoms with Crippen LogP contribution >= 0.6 is 57.4 Å². The highest BCUT2D eigenvalue weighted by atomic mass is 127. The zero-order chi connectivity index (χ0) is 13.5. The fourth-order valence-corrected chi connectivity index (χ4v) is 3.67. The minimum absolute atomic E-state index is 0.520. The van der Waals surface area contributed by atoms with Crippen LogP contribution in [0.5, 0.6) is 5.75 Å². The van der Waals surface area contributed by atoms with E-state index >= 15 is 0 Å². The molecule has 18 heavy (non-hydrogen) atoms. The van der Waals surface area contributed by atoms with Gasteiger partial charge in [0.25, 0.3) is 0 Å². The maximum atomic E-state index is 5.30. The lowest BCUT2D eigenvalue weighted by Gasteiger charge is -2.07. The van der Waals surface area contributed by atoms with Crippen molar-refractivity contribution >= 4 is 68.7 Å². The molecule has 0 aliphatic rings. The minimum atomic E-state index is 0.520. The predicted molar refractivity (Wildman–Crippen MR) is 95.4 cm³/mol. The number of benzene rings is 1. The van der Waals surface area contributed by atoms with Gasteiger partial charge in [-0.3, -0.25) is 5.43 Å². The Kier molecular flexibility index (Phi) is 7.15. The number of thiocarbonyl (C=S) groups is 1. The number of hydrogen-bond acceptors (Lipinski definition) is 3. The molecule has 0 bridgehead atoms. The minimum Gasteiger partial charge on any atom is -0.495 e. The normalized spacial score (nSPS) is 10.4. The number of halogens is 2. The van der Waals surface area contributed by atoms with E-state index in [4.69, 9.17) is 17.0 Å². The Balaban J connectivity index is 2.74. The summed E-state index contributed by atoms with van der Waals surface area (Å²) in [6.45, 7) is 2.76. The maximum absolute atomic E-state index is 5.30. The third-order valence-electron chi connectivity index (χ3n) is 1.94. The first-order valence-electron chi connectivity index (χ1n) is 5.18. The summed E-state index contributed by atoms with van der Waals surface area (Å²) in [5.41, 5.74) is 3.75. The molecule has 0 fully saturated rings. The first-order chi connectivity index (χ1) is 8.58. The molecule has 0 aliphatic heterocycles. The van der Waals surface area contributed by atoms with Gasteiger partial charge in [0.1, 0.15) is 5.75 Å². The van der Waals surface area contributed by atoms with Crippen LogP contribution in [0, 0.1) is 7.14 Å². The van der Waals surface area contributed by atoms with Gasteiger partial charge in [-0.05, 0) is 82.0 Å². The van der Waals surface area contributed by atoms with Crippen LogP contribution in [-0.4, -0.2) is 25.0 Å². The molecule has 98 valence electrons. The Bertz CT molecular complexity index is 443. The molecule has 0 atom stereocenters. The Morgan fingerprint density at radius 3 is 2.56 bits per heavy atom. The highest BCUT2D eigenvalue weighted by Gasteiger charge is 2.06. The topological polar surface area (TPSA) is 45.7 Å². The first kappa shape index (κ1) is 15.9. The molecule has 4 nitrogen and oxygen atoms in total. The number of nitrogens with one attached hydrogen (secondary N) is 2. The van der Waals surface area contributed by atoms with Gasteiger partial charge < -0.3 is 10.1 Å². The molecule has 0 saturated heterocycles. The summed E-state index contributed by atoms with van der Waals surface area (Å²) in [4.78, 5) is 0. The third-order valence-corrected chi connectivity index (χ3v) is 3.78. The van der Waals surface area contributed by atoms with E-state index in [1.165, 1.54) is 0 Å². The molecular formula is C11H13I2N3OS. The van der Waals surface area contributed by atoms with E-state index in [0.717, 1.165) is 25.0 Å². The SMILES string of the molecule is CCNC(=S)NN=Cc1cc(I)c(OC)c(I)c1. The Hall–Kier alpha value is -0.160. The molecule has 0 unspecified atom stereocenters. The molecule has 2 N–H and O–H groups in total. The lowest BCUT2D eigenvalue weighted by atomic mass is 10.2. The van der Waals surface area contributed by atoms with Crippen LogP contribution in [0.3, 0.4) is 0 Å². The average Bonchev–Trinajstić information content (AvgIpc) is 2.29. The lowest BCUT2D eigenvalue weighted by Crippen LogP contribution is -2.31. The Labute approximate surface area is 139 Å². The molecule has 0 spiro atoms. The summed E-state index contributed by atoms with van der Waals surface area (Å²) in [6, 6.07) is 4.01. The molecule has 0 radical (unpaired) electrons. The van der Waals surface area contributed by atoms with Gasteiger partial charge in [0.15, 0.2) is 5.11 Å². The summed E-state index contributed by atoms with van der Waals surface area (Å²) in [5.74, 6) is 0.893. The van der Waals surface area contributed by atoms with Gasteiger partial charge in [-0.1, -0.05) is 0 Å². The molecule has 0 aliphatic carbocycles. The molecule has 1 aromatic carbocycles. The van der Waals surface area contributed by atoms with E-state index in [2.05, 4.69) is 61.0 Å². The van der Waals surface area contributed by atoms with E-state index in [9.17, 15) is 0 Å². The van der Waals surface area contributed by atoms with Crippen molar-refractivity contribution in [3.8, 4) is 5.75 Å². The highest BCUT2D eigenvalue weighted by molar-refractivity contribution is 14.1. The van der Waals surface area contributed by atoms with Gasteiger partial charge in [0, 0.05) is 6.54 Å². The van der Waals surface area contributed by atoms with Crippen LogP contribution in [0.4, 0.5) is 0 Å². The van der Waals surface area contributed by atoms with Crippen molar-refractivity contribution in [2.75, 3.05) is 13.7 Å². The zero-order valence-electron chi connectivity index (χ0n) is 9.96. The molecule has 0 aromatic heterocycles. The number of hydrazone groups is 1. The number of methoxy groups -OCH3 is 1. The van der Waals surface area contributed by atoms with Gasteiger partial charge in [-0.15, -0.1) is 0 Å². The molecule has 0 heterocycles. The van der Waals surface area contributed by atoms with Crippen LogP contribution in [0.15, 0.2) is 17.2 Å². The number of rotatable bonds is 4. The quantitative estimate of drug-likeness (QED) is 0.296. The number of ether oxygens (including phenoxy) is 1. The smallest absolute Gasteiger partial charge is 0.186 e. The van der Waals surface area contributed by atoms with Crippen molar-refractivity contribution in [1.82, 2.24) is 10.7 Å². The van der Waals surface area contributed by atoms with Gasteiger partial charge in [-0.25, -0.2) is 0 Å². The summed E-state index contributed by atoms with van der Waals surface area (Å²) in [6.07, 6.45) is 1.73. The monoisotopic (exact) mass is 489 g/mol. The molecule has 0 amide bonds. The van der Waals surface area contributed by atoms with E-state index in [1.54, 1.807) is 13.3 Å². The van der Waals surface area contributed by atoms with Crippen LogP contribution < -0.4 is 15.5 Å². The fraction of sp³-hybridized carbons (Fsp3) is 0.273. The van der Waals surface area contributed by atoms with Crippen molar-refractivity contribution in [1.29, 1.82) is 0 Å². The maximum Gasteiger partial charge on any atom is 0.186 e. The fourth-order valence-electron chi connectivity index (χ4n) is 1.21. The lowest BCUT2D eigenvalue weighted by molar-refractivity contribution is 0.409. The summed E-state index contributed by atoms with van der Waals surface area (Å²) >= 11 is 9.48. The van der Waals surface area contributed by atoms with E-state index in [-0.39, 0.29) is 0 Å². The highest BCUT2D eigenvalue weighted by Crippen LogP contribution is 2.27. The summed E-state index contributed by atoms with van der Waals surface area (Å²) < 4.78 is 7.41. The van der Waals surface area contributed by atoms with Crippen LogP contribution in [0.1, 0.15) is 12.5 Å². The van der Waals surface area contributed by atoms with Crippen molar-refractivity contribution in [2.24, 2.45) is 5.10 Å². The predicted octanol–water partition coefficient (Wildman–Crippen LogP) is 2.72. The second-order valence-corrected chi connectivity index (χ2v) is 5.98. The number of nitrogens with zero attached hydrogens (tertiary/aromatic N) is 1. The largest absolute Gasteiger partial charge is 0.495 e. The van der Waals surface area contributed by atoms with Crippen molar-refractivity contribution in [2.45, 2.75) is 6.92 Å². The van der Waals surface area contributed by atoms with Crippen molar-refractivity contribution < 1.29 is 4.74 Å². The van der Waals surface area contributed by atoms with Crippen molar-refractivity contribution in [3.05, 3.63) is 24.8 Å². The molecule has 7 heteroatoms. The molecule has 1 aromatic rings. The Morgan fingerprint density at radius 1 is 1.44 bits per heavy atom. The summed E-state index contributed by atoms with van der Waals surface area (Å²) in [7, 11) is 1.67. The van der Waals surface area contributed by atoms with Gasteiger partial charge in [0.2, 0.25) is 0 Å². The van der Waals surface area contributed by atoms with Crippen LogP contribution in [0.2, 0.25) is 0 Å². The van der Waals surface area contributed by atoms with Gasteiger partial charge in [0.05, 0.1) is 20.5 Å². The van der Waals surface area contributed by atoms with Gasteiger partial charge in [-0.2, -0.15) is 5.10 Å². The molecule has 1 rings (SSSR count). The second kappa shape index (κ2) is 8.10. The first-order valence-corrected chi connectivity index (χ1v) is 7.75.